The molecule has 114 valence electrons. The number of hydrogen-bond donors (Lipinski definition) is 1. The topological polar surface area (TPSA) is 20.2 Å². The van der Waals surface area contributed by atoms with E-state index in [1.807, 2.05) is 0 Å². The Hall–Kier alpha value is -0.0400. The zero-order valence-electron chi connectivity index (χ0n) is 13.3. The molecule has 0 aromatic carbocycles. The fraction of sp³-hybridized carbons (Fsp3) is 1.00. The van der Waals surface area contributed by atoms with Gasteiger partial charge in [0.15, 0.2) is 0 Å². The van der Waals surface area contributed by atoms with Crippen molar-refractivity contribution in [2.75, 3.05) is 0 Å². The van der Waals surface area contributed by atoms with E-state index < -0.39 is 0 Å². The average molecular weight is 268 g/mol. The van der Waals surface area contributed by atoms with E-state index in [2.05, 4.69) is 6.92 Å². The Balaban J connectivity index is 2.33. The van der Waals surface area contributed by atoms with Gasteiger partial charge in [0.25, 0.3) is 0 Å². The zero-order valence-corrected chi connectivity index (χ0v) is 13.3. The van der Waals surface area contributed by atoms with Crippen molar-refractivity contribution in [3.8, 4) is 0 Å². The highest BCUT2D eigenvalue weighted by Crippen LogP contribution is 2.28. The van der Waals surface area contributed by atoms with Crippen molar-refractivity contribution in [3.63, 3.8) is 0 Å². The van der Waals surface area contributed by atoms with Crippen LogP contribution in [-0.4, -0.2) is 10.7 Å². The lowest BCUT2D eigenvalue weighted by molar-refractivity contribution is 0.00879. The van der Waals surface area contributed by atoms with Gasteiger partial charge in [0.2, 0.25) is 0 Å². The summed E-state index contributed by atoms with van der Waals surface area (Å²) in [5, 5.41) is 10.7. The molecular weight excluding hydrogens is 232 g/mol. The van der Waals surface area contributed by atoms with E-state index in [1.54, 1.807) is 0 Å². The van der Waals surface area contributed by atoms with E-state index in [-0.39, 0.29) is 5.60 Å². The molecule has 0 heterocycles. The Bertz CT molecular complexity index is 184. The molecule has 0 aromatic rings. The maximum Gasteiger partial charge on any atom is 0.0647 e. The van der Waals surface area contributed by atoms with Gasteiger partial charge in [0, 0.05) is 0 Å². The smallest absolute Gasteiger partial charge is 0.0647 e. The van der Waals surface area contributed by atoms with Crippen molar-refractivity contribution in [2.24, 2.45) is 0 Å². The molecule has 0 saturated heterocycles. The SMILES string of the molecule is CCCC1(O)CCCCCCCCCCCCCC1. The highest BCUT2D eigenvalue weighted by Gasteiger charge is 2.24. The lowest BCUT2D eigenvalue weighted by atomic mass is 9.86. The number of rotatable bonds is 2. The Morgan fingerprint density at radius 2 is 0.947 bits per heavy atom. The van der Waals surface area contributed by atoms with Gasteiger partial charge in [-0.05, 0) is 19.3 Å². The highest BCUT2D eigenvalue weighted by atomic mass is 16.3. The van der Waals surface area contributed by atoms with Crippen LogP contribution >= 0.6 is 0 Å². The number of aliphatic hydroxyl groups is 1. The van der Waals surface area contributed by atoms with Gasteiger partial charge in [-0.3, -0.25) is 0 Å². The second-order valence-corrected chi connectivity index (χ2v) is 6.72. The summed E-state index contributed by atoms with van der Waals surface area (Å²) in [5.74, 6) is 0. The molecule has 1 rings (SSSR count). The molecule has 1 fully saturated rings. The molecule has 0 spiro atoms. The van der Waals surface area contributed by atoms with Gasteiger partial charge in [-0.2, -0.15) is 0 Å². The van der Waals surface area contributed by atoms with Gasteiger partial charge in [0.1, 0.15) is 0 Å². The van der Waals surface area contributed by atoms with Gasteiger partial charge in [-0.25, -0.2) is 0 Å². The van der Waals surface area contributed by atoms with Crippen LogP contribution in [0.4, 0.5) is 0 Å². The van der Waals surface area contributed by atoms with E-state index in [0.29, 0.717) is 0 Å². The minimum atomic E-state index is -0.338. The normalized spacial score (nSPS) is 24.3. The summed E-state index contributed by atoms with van der Waals surface area (Å²) < 4.78 is 0. The molecule has 0 bridgehead atoms. The predicted octanol–water partition coefficient (Wildman–Crippen LogP) is 5.99. The lowest BCUT2D eigenvalue weighted by Gasteiger charge is -2.28. The third kappa shape index (κ3) is 8.68. The largest absolute Gasteiger partial charge is 0.390 e. The van der Waals surface area contributed by atoms with Crippen LogP contribution in [0.15, 0.2) is 0 Å². The molecular formula is C18H36O. The van der Waals surface area contributed by atoms with Crippen LogP contribution in [0.2, 0.25) is 0 Å². The van der Waals surface area contributed by atoms with Gasteiger partial charge < -0.3 is 5.11 Å². The highest BCUT2D eigenvalue weighted by molar-refractivity contribution is 4.78. The van der Waals surface area contributed by atoms with Crippen LogP contribution in [0.5, 0.6) is 0 Å². The second-order valence-electron chi connectivity index (χ2n) is 6.72. The molecule has 0 aliphatic heterocycles. The molecule has 0 radical (unpaired) electrons. The molecule has 0 amide bonds. The molecule has 0 aromatic heterocycles. The fourth-order valence-electron chi connectivity index (χ4n) is 3.52. The predicted molar refractivity (Wildman–Crippen MR) is 84.5 cm³/mol. The summed E-state index contributed by atoms with van der Waals surface area (Å²) in [6, 6.07) is 0. The molecule has 0 atom stereocenters. The third-order valence-corrected chi connectivity index (χ3v) is 4.75. The zero-order chi connectivity index (χ0) is 13.8. The third-order valence-electron chi connectivity index (χ3n) is 4.75. The van der Waals surface area contributed by atoms with Crippen LogP contribution in [0.1, 0.15) is 110 Å². The monoisotopic (exact) mass is 268 g/mol. The maximum absolute atomic E-state index is 10.7. The van der Waals surface area contributed by atoms with E-state index >= 15 is 0 Å². The summed E-state index contributed by atoms with van der Waals surface area (Å²) >= 11 is 0. The van der Waals surface area contributed by atoms with Crippen molar-refractivity contribution in [3.05, 3.63) is 0 Å². The van der Waals surface area contributed by atoms with Gasteiger partial charge in [-0.15, -0.1) is 0 Å². The van der Waals surface area contributed by atoms with Crippen molar-refractivity contribution >= 4 is 0 Å². The quantitative estimate of drug-likeness (QED) is 0.652. The molecule has 1 aliphatic rings. The van der Waals surface area contributed by atoms with Gasteiger partial charge in [0.05, 0.1) is 5.60 Å². The Kier molecular flexibility index (Phi) is 9.59. The second kappa shape index (κ2) is 10.7. The van der Waals surface area contributed by atoms with E-state index in [0.717, 1.165) is 25.7 Å². The van der Waals surface area contributed by atoms with Crippen LogP contribution in [0, 0.1) is 0 Å². The van der Waals surface area contributed by atoms with Crippen molar-refractivity contribution in [2.45, 2.75) is 115 Å². The minimum absolute atomic E-state index is 0.338. The van der Waals surface area contributed by atoms with E-state index in [9.17, 15) is 5.11 Å². The molecule has 19 heavy (non-hydrogen) atoms. The summed E-state index contributed by atoms with van der Waals surface area (Å²) in [5.41, 5.74) is -0.338. The first kappa shape index (κ1) is 17.0. The van der Waals surface area contributed by atoms with Gasteiger partial charge in [-0.1, -0.05) is 90.4 Å². The van der Waals surface area contributed by atoms with Crippen LogP contribution in [0.25, 0.3) is 0 Å². The first-order valence-electron chi connectivity index (χ1n) is 8.99. The average Bonchev–Trinajstić information content (AvgIpc) is 2.39. The lowest BCUT2D eigenvalue weighted by Crippen LogP contribution is -2.28. The first-order valence-corrected chi connectivity index (χ1v) is 8.99. The number of hydrogen-bond acceptors (Lipinski definition) is 1. The Morgan fingerprint density at radius 3 is 1.26 bits per heavy atom. The van der Waals surface area contributed by atoms with Crippen molar-refractivity contribution in [1.82, 2.24) is 0 Å². The van der Waals surface area contributed by atoms with Gasteiger partial charge >= 0.3 is 0 Å². The maximum atomic E-state index is 10.7. The summed E-state index contributed by atoms with van der Waals surface area (Å²) in [4.78, 5) is 0. The molecule has 0 unspecified atom stereocenters. The first-order chi connectivity index (χ1) is 9.27. The standard InChI is InChI=1S/C18H36O/c1-2-15-18(19)16-13-11-9-7-5-3-4-6-8-10-12-14-17-18/h19H,2-17H2,1H3. The van der Waals surface area contributed by atoms with E-state index in [4.69, 9.17) is 0 Å². The summed E-state index contributed by atoms with van der Waals surface area (Å²) in [6.07, 6.45) is 20.6. The molecule has 1 heteroatoms. The Labute approximate surface area is 121 Å². The Morgan fingerprint density at radius 1 is 0.632 bits per heavy atom. The van der Waals surface area contributed by atoms with Crippen molar-refractivity contribution in [1.29, 1.82) is 0 Å². The van der Waals surface area contributed by atoms with Crippen LogP contribution < -0.4 is 0 Å². The summed E-state index contributed by atoms with van der Waals surface area (Å²) in [6.45, 7) is 2.20. The van der Waals surface area contributed by atoms with Crippen molar-refractivity contribution < 1.29 is 5.11 Å². The molecule has 1 saturated carbocycles. The minimum Gasteiger partial charge on any atom is -0.390 e. The van der Waals surface area contributed by atoms with E-state index in [1.165, 1.54) is 77.0 Å². The fourth-order valence-corrected chi connectivity index (χ4v) is 3.52. The molecule has 1 nitrogen and oxygen atoms in total. The molecule has 1 aliphatic carbocycles. The van der Waals surface area contributed by atoms with Crippen LogP contribution in [0.3, 0.4) is 0 Å². The summed E-state index contributed by atoms with van der Waals surface area (Å²) in [7, 11) is 0. The molecule has 1 N–H and O–H groups in total. The van der Waals surface area contributed by atoms with Crippen LogP contribution in [-0.2, 0) is 0 Å².